The first kappa shape index (κ1) is 28.7. The number of aliphatic hydroxyl groups excluding tert-OH is 1. The average Bonchev–Trinajstić information content (AvgIpc) is 3.49. The van der Waals surface area contributed by atoms with Gasteiger partial charge >= 0.3 is 0 Å². The van der Waals surface area contributed by atoms with Crippen molar-refractivity contribution in [3.05, 3.63) is 82.7 Å². The number of rotatable bonds is 15. The van der Waals surface area contributed by atoms with Crippen LogP contribution < -0.4 is 21.1 Å². The van der Waals surface area contributed by atoms with Gasteiger partial charge in [-0.2, -0.15) is 0 Å². The summed E-state index contributed by atoms with van der Waals surface area (Å²) < 4.78 is 5.99. The molecule has 2 atom stereocenters. The molecule has 8 nitrogen and oxygen atoms in total. The standard InChI is InChI=1S/C31H40N4O4/c1-2-3-4-8-25(36)16-26(37)11-9-21-10-12-29(38)30(15-21)39-20-35-18-27-24(17-34-28(27)19-35)14-22-6-5-7-23(13-22)31(32)33/h5-7,10,12-13,15,17-18,25,31,36,38H,2-4,8-9,11,14,16,19-20,32-33H2,1H3/p+1/t25-/m1/s1. The van der Waals surface area contributed by atoms with E-state index >= 15 is 0 Å². The number of nitrogens with zero attached hydrogens (tertiary/aromatic N) is 1. The zero-order valence-electron chi connectivity index (χ0n) is 22.7. The number of allylic oxidation sites excluding steroid dienone is 1. The number of fused-ring (bicyclic) bond motifs is 1. The van der Waals surface area contributed by atoms with Crippen LogP contribution in [0.25, 0.3) is 0 Å². The number of quaternary nitrogens is 1. The van der Waals surface area contributed by atoms with Crippen molar-refractivity contribution in [1.29, 1.82) is 0 Å². The first-order valence-corrected chi connectivity index (χ1v) is 13.9. The smallest absolute Gasteiger partial charge is 0.227 e. The molecule has 0 aliphatic carbocycles. The van der Waals surface area contributed by atoms with E-state index in [1.165, 1.54) is 0 Å². The Labute approximate surface area is 230 Å². The number of Topliss-reactive ketones (excluding diaryl/α,β-unsaturated/α-hetero) is 1. The molecule has 39 heavy (non-hydrogen) atoms. The monoisotopic (exact) mass is 533 g/mol. The number of unbranched alkanes of at least 4 members (excludes halogenated alkanes) is 2. The molecule has 0 saturated carbocycles. The molecule has 2 aliphatic heterocycles. The lowest BCUT2D eigenvalue weighted by atomic mass is 9.98. The molecule has 0 amide bonds. The van der Waals surface area contributed by atoms with Crippen molar-refractivity contribution in [3.8, 4) is 11.5 Å². The number of nitrogens with one attached hydrogen (secondary N) is 1. The van der Waals surface area contributed by atoms with Crippen molar-refractivity contribution in [3.63, 3.8) is 0 Å². The molecule has 2 aliphatic rings. The average molecular weight is 534 g/mol. The highest BCUT2D eigenvalue weighted by Crippen LogP contribution is 2.28. The SMILES string of the molecule is CCCCC[C@@H](O)CC(=O)CCc1ccc(O)c(OC[NH+]2C=C3C(Cc4cccc(C(N)N)c4)=CN=C3C2)c1. The lowest BCUT2D eigenvalue weighted by molar-refractivity contribution is -0.851. The van der Waals surface area contributed by atoms with Gasteiger partial charge in [0.15, 0.2) is 11.5 Å². The highest BCUT2D eigenvalue weighted by atomic mass is 16.5. The number of carbonyl (C=O) groups excluding carboxylic acids is 1. The second-order valence-electron chi connectivity index (χ2n) is 10.6. The Morgan fingerprint density at radius 2 is 2.00 bits per heavy atom. The summed E-state index contributed by atoms with van der Waals surface area (Å²) in [7, 11) is 0. The maximum Gasteiger partial charge on any atom is 0.227 e. The van der Waals surface area contributed by atoms with Crippen LogP contribution in [-0.2, 0) is 17.6 Å². The Bertz CT molecular complexity index is 1250. The zero-order valence-corrected chi connectivity index (χ0v) is 22.7. The van der Waals surface area contributed by atoms with Gasteiger partial charge in [-0.25, -0.2) is 0 Å². The number of aromatic hydroxyl groups is 1. The largest absolute Gasteiger partial charge is 0.504 e. The number of aliphatic imine (C=N–C) groups is 1. The Hall–Kier alpha value is -3.30. The van der Waals surface area contributed by atoms with Crippen LogP contribution in [0.2, 0.25) is 0 Å². The van der Waals surface area contributed by atoms with Gasteiger partial charge in [-0.15, -0.1) is 0 Å². The van der Waals surface area contributed by atoms with E-state index < -0.39 is 12.3 Å². The van der Waals surface area contributed by atoms with Crippen molar-refractivity contribution < 1.29 is 24.6 Å². The van der Waals surface area contributed by atoms with Gasteiger partial charge in [0.05, 0.1) is 17.8 Å². The van der Waals surface area contributed by atoms with E-state index in [9.17, 15) is 15.0 Å². The molecule has 0 fully saturated rings. The van der Waals surface area contributed by atoms with Crippen molar-refractivity contribution in [2.24, 2.45) is 16.5 Å². The number of ether oxygens (including phenoxy) is 1. The molecule has 2 heterocycles. The summed E-state index contributed by atoms with van der Waals surface area (Å²) in [5.41, 5.74) is 17.9. The van der Waals surface area contributed by atoms with Gasteiger partial charge in [0, 0.05) is 19.0 Å². The number of phenolic OH excluding ortho intramolecular Hbond substituents is 1. The molecule has 0 saturated heterocycles. The summed E-state index contributed by atoms with van der Waals surface area (Å²) in [6.45, 7) is 3.16. The van der Waals surface area contributed by atoms with Crippen LogP contribution in [0.15, 0.2) is 71.0 Å². The summed E-state index contributed by atoms with van der Waals surface area (Å²) in [5.74, 6) is 0.519. The predicted molar refractivity (Wildman–Crippen MR) is 152 cm³/mol. The van der Waals surface area contributed by atoms with Crippen molar-refractivity contribution in [2.75, 3.05) is 13.3 Å². The highest BCUT2D eigenvalue weighted by molar-refractivity contribution is 6.08. The first-order valence-electron chi connectivity index (χ1n) is 13.9. The molecular formula is C31H41N4O4+. The molecule has 208 valence electrons. The molecule has 1 unspecified atom stereocenters. The fourth-order valence-corrected chi connectivity index (χ4v) is 5.01. The lowest BCUT2D eigenvalue weighted by Gasteiger charge is -2.13. The van der Waals surface area contributed by atoms with Crippen LogP contribution in [0.1, 0.15) is 68.3 Å². The van der Waals surface area contributed by atoms with E-state index in [2.05, 4.69) is 24.2 Å². The number of nitrogens with two attached hydrogens (primary N) is 2. The van der Waals surface area contributed by atoms with Crippen LogP contribution >= 0.6 is 0 Å². The second-order valence-corrected chi connectivity index (χ2v) is 10.6. The maximum absolute atomic E-state index is 12.3. The number of benzene rings is 2. The van der Waals surface area contributed by atoms with Crippen LogP contribution in [-0.4, -0.2) is 41.1 Å². The van der Waals surface area contributed by atoms with Gasteiger partial charge in [-0.05, 0) is 53.7 Å². The van der Waals surface area contributed by atoms with Crippen LogP contribution in [0.4, 0.5) is 0 Å². The Morgan fingerprint density at radius 1 is 1.15 bits per heavy atom. The van der Waals surface area contributed by atoms with E-state index in [4.69, 9.17) is 16.2 Å². The number of ketones is 1. The number of aliphatic hydroxyl groups is 1. The number of aryl methyl sites for hydroxylation is 1. The van der Waals surface area contributed by atoms with E-state index in [0.717, 1.165) is 64.1 Å². The minimum atomic E-state index is -0.561. The fraction of sp³-hybridized carbons (Fsp3) is 0.419. The third kappa shape index (κ3) is 8.10. The summed E-state index contributed by atoms with van der Waals surface area (Å²) in [4.78, 5) is 18.0. The van der Waals surface area contributed by atoms with Crippen LogP contribution in [0, 0.1) is 0 Å². The molecule has 4 rings (SSSR count). The van der Waals surface area contributed by atoms with Crippen molar-refractivity contribution in [2.45, 2.75) is 70.6 Å². The minimum Gasteiger partial charge on any atom is -0.504 e. The first-order chi connectivity index (χ1) is 18.8. The normalized spacial score (nSPS) is 17.1. The Morgan fingerprint density at radius 3 is 2.79 bits per heavy atom. The number of hydrogen-bond acceptors (Lipinski definition) is 7. The number of hydrogen-bond donors (Lipinski definition) is 5. The third-order valence-corrected chi connectivity index (χ3v) is 7.24. The van der Waals surface area contributed by atoms with Crippen LogP contribution in [0.5, 0.6) is 11.5 Å². The third-order valence-electron chi connectivity index (χ3n) is 7.24. The molecule has 0 aromatic heterocycles. The molecule has 2 aromatic rings. The Kier molecular flexibility index (Phi) is 10.1. The summed E-state index contributed by atoms with van der Waals surface area (Å²) in [6, 6.07) is 13.2. The van der Waals surface area contributed by atoms with Crippen molar-refractivity contribution >= 4 is 11.5 Å². The molecule has 0 radical (unpaired) electrons. The van der Waals surface area contributed by atoms with Gasteiger partial charge in [-0.1, -0.05) is 56.5 Å². The highest BCUT2D eigenvalue weighted by Gasteiger charge is 2.30. The number of phenols is 1. The second kappa shape index (κ2) is 13.7. The van der Waals surface area contributed by atoms with E-state index in [-0.39, 0.29) is 18.0 Å². The van der Waals surface area contributed by atoms with Gasteiger partial charge in [0.1, 0.15) is 24.2 Å². The Balaban J connectivity index is 1.28. The molecule has 0 spiro atoms. The fourth-order valence-electron chi connectivity index (χ4n) is 5.01. The van der Waals surface area contributed by atoms with Crippen LogP contribution in [0.3, 0.4) is 0 Å². The van der Waals surface area contributed by atoms with E-state index in [1.54, 1.807) is 18.2 Å². The molecular weight excluding hydrogens is 492 g/mol. The zero-order chi connectivity index (χ0) is 27.8. The molecule has 7 N–H and O–H groups in total. The van der Waals surface area contributed by atoms with Gasteiger partial charge in [0.2, 0.25) is 6.73 Å². The maximum atomic E-state index is 12.3. The predicted octanol–water partition coefficient (Wildman–Crippen LogP) is 2.84. The summed E-state index contributed by atoms with van der Waals surface area (Å²) >= 11 is 0. The van der Waals surface area contributed by atoms with Gasteiger partial charge in [0.25, 0.3) is 0 Å². The summed E-state index contributed by atoms with van der Waals surface area (Å²) in [6.07, 6.45) is 8.61. The minimum absolute atomic E-state index is 0.0523. The topological polar surface area (TPSA) is 136 Å². The lowest BCUT2D eigenvalue weighted by Crippen LogP contribution is -3.07. The van der Waals surface area contributed by atoms with Crippen molar-refractivity contribution in [1.82, 2.24) is 0 Å². The summed E-state index contributed by atoms with van der Waals surface area (Å²) in [5, 5.41) is 20.4. The van der Waals surface area contributed by atoms with E-state index in [1.807, 2.05) is 24.4 Å². The van der Waals surface area contributed by atoms with Gasteiger partial charge in [-0.3, -0.25) is 14.7 Å². The molecule has 2 aromatic carbocycles. The molecule has 0 bridgehead atoms. The quantitative estimate of drug-likeness (QED) is 0.176. The van der Waals surface area contributed by atoms with E-state index in [0.29, 0.717) is 38.3 Å². The van der Waals surface area contributed by atoms with Gasteiger partial charge < -0.3 is 26.4 Å². The molecule has 8 heteroatoms. The number of carbonyl (C=O) groups is 1.